The number of esters is 1. The standard InChI is InChI=1S/C21H24N2O4S/c1-21(2)12-17(16-9-8-15(25-3)11-18(16)27-21)23-20(28)22-14-7-5-6-13(10-14)19(24)26-4/h5-11,17H,12H2,1-4H3,(H2,22,23,28). The molecule has 1 atom stereocenters. The van der Waals surface area contributed by atoms with Gasteiger partial charge in [0.1, 0.15) is 17.1 Å². The summed E-state index contributed by atoms with van der Waals surface area (Å²) in [5.41, 5.74) is 1.84. The van der Waals surface area contributed by atoms with E-state index in [-0.39, 0.29) is 11.6 Å². The van der Waals surface area contributed by atoms with E-state index in [1.165, 1.54) is 7.11 Å². The minimum absolute atomic E-state index is 0.0200. The lowest BCUT2D eigenvalue weighted by Crippen LogP contribution is -2.42. The van der Waals surface area contributed by atoms with Gasteiger partial charge >= 0.3 is 5.97 Å². The molecule has 0 saturated heterocycles. The Morgan fingerprint density at radius 1 is 1.21 bits per heavy atom. The lowest BCUT2D eigenvalue weighted by molar-refractivity contribution is 0.0600. The van der Waals surface area contributed by atoms with Gasteiger partial charge in [-0.15, -0.1) is 0 Å². The topological polar surface area (TPSA) is 68.8 Å². The van der Waals surface area contributed by atoms with Crippen molar-refractivity contribution < 1.29 is 19.0 Å². The first-order valence-corrected chi connectivity index (χ1v) is 9.35. The van der Waals surface area contributed by atoms with Gasteiger partial charge in [0.05, 0.1) is 25.8 Å². The number of hydrogen-bond donors (Lipinski definition) is 2. The summed E-state index contributed by atoms with van der Waals surface area (Å²) in [7, 11) is 2.99. The smallest absolute Gasteiger partial charge is 0.337 e. The van der Waals surface area contributed by atoms with Crippen molar-refractivity contribution in [3.8, 4) is 11.5 Å². The van der Waals surface area contributed by atoms with Gasteiger partial charge < -0.3 is 24.8 Å². The maximum atomic E-state index is 11.7. The summed E-state index contributed by atoms with van der Waals surface area (Å²) in [6.07, 6.45) is 0.746. The van der Waals surface area contributed by atoms with Crippen LogP contribution in [0.1, 0.15) is 42.2 Å². The number of anilines is 1. The third-order valence-electron chi connectivity index (χ3n) is 4.52. The predicted molar refractivity (Wildman–Crippen MR) is 112 cm³/mol. The minimum atomic E-state index is -0.392. The summed E-state index contributed by atoms with van der Waals surface area (Å²) in [6.45, 7) is 4.08. The zero-order valence-corrected chi connectivity index (χ0v) is 17.2. The molecular formula is C21H24N2O4S. The number of hydrogen-bond acceptors (Lipinski definition) is 5. The van der Waals surface area contributed by atoms with E-state index in [1.54, 1.807) is 25.3 Å². The van der Waals surface area contributed by atoms with Crippen LogP contribution in [0.2, 0.25) is 0 Å². The van der Waals surface area contributed by atoms with Gasteiger partial charge in [-0.1, -0.05) is 6.07 Å². The van der Waals surface area contributed by atoms with E-state index in [0.29, 0.717) is 16.4 Å². The van der Waals surface area contributed by atoms with E-state index >= 15 is 0 Å². The van der Waals surface area contributed by atoms with Crippen LogP contribution in [0.4, 0.5) is 5.69 Å². The molecule has 0 spiro atoms. The molecule has 0 aromatic heterocycles. The van der Waals surface area contributed by atoms with Crippen molar-refractivity contribution in [2.75, 3.05) is 19.5 Å². The Morgan fingerprint density at radius 2 is 2.00 bits per heavy atom. The van der Waals surface area contributed by atoms with Crippen LogP contribution < -0.4 is 20.1 Å². The molecular weight excluding hydrogens is 376 g/mol. The van der Waals surface area contributed by atoms with Crippen molar-refractivity contribution in [1.82, 2.24) is 5.32 Å². The highest BCUT2D eigenvalue weighted by atomic mass is 32.1. The Labute approximate surface area is 170 Å². The quantitative estimate of drug-likeness (QED) is 0.592. The summed E-state index contributed by atoms with van der Waals surface area (Å²) >= 11 is 5.50. The van der Waals surface area contributed by atoms with Gasteiger partial charge in [0.25, 0.3) is 0 Å². The lowest BCUT2D eigenvalue weighted by atomic mass is 9.89. The van der Waals surface area contributed by atoms with Gasteiger partial charge in [0.15, 0.2) is 5.11 Å². The fourth-order valence-electron chi connectivity index (χ4n) is 3.25. The Balaban J connectivity index is 1.76. The monoisotopic (exact) mass is 400 g/mol. The van der Waals surface area contributed by atoms with Gasteiger partial charge in [-0.25, -0.2) is 4.79 Å². The summed E-state index contributed by atoms with van der Waals surface area (Å²) in [5.74, 6) is 1.13. The van der Waals surface area contributed by atoms with Crippen molar-refractivity contribution in [1.29, 1.82) is 0 Å². The lowest BCUT2D eigenvalue weighted by Gasteiger charge is -2.38. The van der Waals surface area contributed by atoms with Crippen LogP contribution in [-0.4, -0.2) is 30.9 Å². The third kappa shape index (κ3) is 4.54. The average molecular weight is 401 g/mol. The largest absolute Gasteiger partial charge is 0.497 e. The highest BCUT2D eigenvalue weighted by Gasteiger charge is 2.34. The maximum absolute atomic E-state index is 11.7. The molecule has 0 saturated carbocycles. The Kier molecular flexibility index (Phi) is 5.74. The number of benzene rings is 2. The molecule has 0 radical (unpaired) electrons. The molecule has 6 nitrogen and oxygen atoms in total. The number of carbonyl (C=O) groups is 1. The fourth-order valence-corrected chi connectivity index (χ4v) is 3.51. The number of nitrogens with one attached hydrogen (secondary N) is 2. The maximum Gasteiger partial charge on any atom is 0.337 e. The van der Waals surface area contributed by atoms with Crippen molar-refractivity contribution >= 4 is 29.0 Å². The highest BCUT2D eigenvalue weighted by Crippen LogP contribution is 2.41. The molecule has 7 heteroatoms. The summed E-state index contributed by atoms with van der Waals surface area (Å²) in [5, 5.41) is 6.96. The van der Waals surface area contributed by atoms with Gasteiger partial charge in [-0.2, -0.15) is 0 Å². The highest BCUT2D eigenvalue weighted by molar-refractivity contribution is 7.80. The van der Waals surface area contributed by atoms with E-state index in [1.807, 2.05) is 38.1 Å². The molecule has 0 amide bonds. The number of thiocarbonyl (C=S) groups is 1. The van der Waals surface area contributed by atoms with E-state index in [9.17, 15) is 4.79 Å². The Bertz CT molecular complexity index is 898. The molecule has 0 fully saturated rings. The molecule has 0 aliphatic carbocycles. The zero-order valence-electron chi connectivity index (χ0n) is 16.4. The van der Waals surface area contributed by atoms with Gasteiger partial charge in [0, 0.05) is 23.7 Å². The molecule has 3 rings (SSSR count). The Morgan fingerprint density at radius 3 is 2.71 bits per heavy atom. The fraction of sp³-hybridized carbons (Fsp3) is 0.333. The second-order valence-corrected chi connectivity index (χ2v) is 7.60. The first-order chi connectivity index (χ1) is 13.3. The molecule has 2 aromatic carbocycles. The van der Waals surface area contributed by atoms with Crippen LogP contribution in [0.5, 0.6) is 11.5 Å². The van der Waals surface area contributed by atoms with Crippen molar-refractivity contribution in [3.05, 3.63) is 53.6 Å². The molecule has 0 bridgehead atoms. The molecule has 1 aliphatic heterocycles. The zero-order chi connectivity index (χ0) is 20.3. The normalized spacial score (nSPS) is 16.9. The van der Waals surface area contributed by atoms with Gasteiger partial charge in [-0.05, 0) is 56.4 Å². The minimum Gasteiger partial charge on any atom is -0.497 e. The van der Waals surface area contributed by atoms with E-state index < -0.39 is 5.97 Å². The van der Waals surface area contributed by atoms with Crippen LogP contribution in [0, 0.1) is 0 Å². The number of methoxy groups -OCH3 is 2. The van der Waals surface area contributed by atoms with Crippen LogP contribution in [-0.2, 0) is 4.74 Å². The molecule has 2 aromatic rings. The first-order valence-electron chi connectivity index (χ1n) is 8.94. The van der Waals surface area contributed by atoms with Crippen LogP contribution in [0.25, 0.3) is 0 Å². The molecule has 1 unspecified atom stereocenters. The number of fused-ring (bicyclic) bond motifs is 1. The van der Waals surface area contributed by atoms with Crippen molar-refractivity contribution in [2.45, 2.75) is 31.9 Å². The predicted octanol–water partition coefficient (Wildman–Crippen LogP) is 4.07. The third-order valence-corrected chi connectivity index (χ3v) is 4.74. The molecule has 1 heterocycles. The number of rotatable bonds is 4. The Hall–Kier alpha value is -2.80. The summed E-state index contributed by atoms with van der Waals surface area (Å²) < 4.78 is 16.2. The molecule has 1 aliphatic rings. The number of carbonyl (C=O) groups excluding carboxylic acids is 1. The van der Waals surface area contributed by atoms with E-state index in [4.69, 9.17) is 26.4 Å². The van der Waals surface area contributed by atoms with E-state index in [0.717, 1.165) is 23.5 Å². The average Bonchev–Trinajstić information content (AvgIpc) is 2.66. The molecule has 28 heavy (non-hydrogen) atoms. The van der Waals surface area contributed by atoms with Crippen molar-refractivity contribution in [3.63, 3.8) is 0 Å². The van der Waals surface area contributed by atoms with E-state index in [2.05, 4.69) is 10.6 Å². The molecule has 148 valence electrons. The van der Waals surface area contributed by atoms with Crippen LogP contribution >= 0.6 is 12.2 Å². The molecule has 2 N–H and O–H groups in total. The summed E-state index contributed by atoms with van der Waals surface area (Å²) in [6, 6.07) is 12.8. The van der Waals surface area contributed by atoms with Crippen molar-refractivity contribution in [2.24, 2.45) is 0 Å². The second-order valence-electron chi connectivity index (χ2n) is 7.19. The second kappa shape index (κ2) is 8.06. The summed E-state index contributed by atoms with van der Waals surface area (Å²) in [4.78, 5) is 11.7. The van der Waals surface area contributed by atoms with Crippen LogP contribution in [0.3, 0.4) is 0 Å². The SMILES string of the molecule is COC(=O)c1cccc(NC(=S)NC2CC(C)(C)Oc3cc(OC)ccc32)c1. The van der Waals surface area contributed by atoms with Gasteiger partial charge in [-0.3, -0.25) is 0 Å². The first kappa shape index (κ1) is 19.9. The van der Waals surface area contributed by atoms with Gasteiger partial charge in [0.2, 0.25) is 0 Å². The number of ether oxygens (including phenoxy) is 3. The van der Waals surface area contributed by atoms with Crippen LogP contribution in [0.15, 0.2) is 42.5 Å².